The minimum absolute atomic E-state index is 0.258. The number of hydrogen-bond donors (Lipinski definition) is 0. The summed E-state index contributed by atoms with van der Waals surface area (Å²) in [7, 11) is 0. The van der Waals surface area contributed by atoms with Crippen LogP contribution in [0.25, 0.3) is 0 Å². The van der Waals surface area contributed by atoms with Crippen molar-refractivity contribution in [1.29, 1.82) is 0 Å². The van der Waals surface area contributed by atoms with Crippen LogP contribution in [0.1, 0.15) is 0 Å². The number of benzene rings is 1. The van der Waals surface area contributed by atoms with Gasteiger partial charge in [-0.25, -0.2) is 4.79 Å². The topological polar surface area (TPSA) is 55.7 Å². The fraction of sp³-hybridized carbons (Fsp3) is 0.111. The van der Waals surface area contributed by atoms with Crippen molar-refractivity contribution >= 4 is 27.9 Å². The highest BCUT2D eigenvalue weighted by Gasteiger charge is 2.00. The Bertz CT molecular complexity index is 385. The van der Waals surface area contributed by atoms with Crippen molar-refractivity contribution in [3.63, 3.8) is 0 Å². The summed E-state index contributed by atoms with van der Waals surface area (Å²) in [5, 5.41) is 0. The second kappa shape index (κ2) is 5.32. The Morgan fingerprint density at radius 1 is 1.57 bits per heavy atom. The molecule has 0 heterocycles. The lowest BCUT2D eigenvalue weighted by Gasteiger charge is -2.02. The first-order valence-electron chi connectivity index (χ1n) is 3.71. The maximum atomic E-state index is 10.7. The molecule has 1 aromatic carbocycles. The van der Waals surface area contributed by atoms with Crippen LogP contribution in [-0.2, 0) is 9.59 Å². The second-order valence-electron chi connectivity index (χ2n) is 2.34. The lowest BCUT2D eigenvalue weighted by Crippen LogP contribution is -2.07. The third-order valence-corrected chi connectivity index (χ3v) is 1.82. The summed E-state index contributed by atoms with van der Waals surface area (Å²) < 4.78 is 5.90. The number of rotatable bonds is 3. The molecule has 0 aliphatic rings. The molecule has 14 heavy (non-hydrogen) atoms. The molecule has 1 amide bonds. The van der Waals surface area contributed by atoms with Gasteiger partial charge in [-0.3, -0.25) is 4.79 Å². The van der Waals surface area contributed by atoms with E-state index in [1.807, 2.05) is 6.07 Å². The van der Waals surface area contributed by atoms with Gasteiger partial charge in [0.25, 0.3) is 5.91 Å². The zero-order valence-electron chi connectivity index (χ0n) is 7.07. The van der Waals surface area contributed by atoms with Crippen LogP contribution in [0.4, 0.5) is 0 Å². The maximum absolute atomic E-state index is 10.7. The van der Waals surface area contributed by atoms with Crippen molar-refractivity contribution < 1.29 is 14.3 Å². The normalized spacial score (nSPS) is 8.93. The SMILES string of the molecule is O=C=NC(=O)COc1cccc(Br)c1. The van der Waals surface area contributed by atoms with Gasteiger partial charge in [0, 0.05) is 4.47 Å². The standard InChI is InChI=1S/C9H6BrNO3/c10-7-2-1-3-8(4-7)14-5-9(13)11-6-12/h1-4H,5H2. The van der Waals surface area contributed by atoms with Crippen LogP contribution in [0.2, 0.25) is 0 Å². The first-order valence-corrected chi connectivity index (χ1v) is 4.51. The van der Waals surface area contributed by atoms with Gasteiger partial charge >= 0.3 is 0 Å². The molecular formula is C9H6BrNO3. The van der Waals surface area contributed by atoms with Gasteiger partial charge in [-0.2, -0.15) is 0 Å². The van der Waals surface area contributed by atoms with Crippen molar-refractivity contribution in [2.45, 2.75) is 0 Å². The highest BCUT2D eigenvalue weighted by molar-refractivity contribution is 9.10. The predicted octanol–water partition coefficient (Wildman–Crippen LogP) is 1.69. The van der Waals surface area contributed by atoms with E-state index in [0.717, 1.165) is 10.6 Å². The number of halogens is 1. The van der Waals surface area contributed by atoms with E-state index in [9.17, 15) is 9.59 Å². The number of isocyanates is 1. The summed E-state index contributed by atoms with van der Waals surface area (Å²) in [6, 6.07) is 7.01. The van der Waals surface area contributed by atoms with E-state index in [4.69, 9.17) is 4.74 Å². The van der Waals surface area contributed by atoms with Crippen LogP contribution in [-0.4, -0.2) is 18.6 Å². The van der Waals surface area contributed by atoms with Gasteiger partial charge in [0.15, 0.2) is 6.61 Å². The third-order valence-electron chi connectivity index (χ3n) is 1.33. The molecule has 0 atom stereocenters. The van der Waals surface area contributed by atoms with Gasteiger partial charge in [0.2, 0.25) is 6.08 Å². The molecule has 0 spiro atoms. The van der Waals surface area contributed by atoms with E-state index in [2.05, 4.69) is 20.9 Å². The van der Waals surface area contributed by atoms with Gasteiger partial charge in [0.05, 0.1) is 0 Å². The van der Waals surface area contributed by atoms with Gasteiger partial charge in [-0.05, 0) is 18.2 Å². The zero-order valence-corrected chi connectivity index (χ0v) is 8.65. The molecule has 0 unspecified atom stereocenters. The number of carbonyl (C=O) groups is 1. The van der Waals surface area contributed by atoms with E-state index in [1.54, 1.807) is 18.2 Å². The Morgan fingerprint density at radius 2 is 2.36 bits per heavy atom. The smallest absolute Gasteiger partial charge is 0.294 e. The quantitative estimate of drug-likeness (QED) is 0.610. The monoisotopic (exact) mass is 255 g/mol. The molecule has 0 aromatic heterocycles. The van der Waals surface area contributed by atoms with Gasteiger partial charge < -0.3 is 4.74 Å². The Labute approximate surface area is 88.7 Å². The van der Waals surface area contributed by atoms with Crippen LogP contribution in [0.15, 0.2) is 33.7 Å². The maximum Gasteiger partial charge on any atom is 0.294 e. The van der Waals surface area contributed by atoms with Crippen molar-refractivity contribution in [2.75, 3.05) is 6.61 Å². The first kappa shape index (κ1) is 10.6. The van der Waals surface area contributed by atoms with Crippen molar-refractivity contribution in [2.24, 2.45) is 4.99 Å². The summed E-state index contributed by atoms with van der Waals surface area (Å²) in [5.74, 6) is -0.117. The summed E-state index contributed by atoms with van der Waals surface area (Å²) in [4.78, 5) is 23.3. The summed E-state index contributed by atoms with van der Waals surface area (Å²) in [6.07, 6.45) is 1.15. The number of hydrogen-bond acceptors (Lipinski definition) is 3. The molecule has 0 aliphatic carbocycles. The minimum atomic E-state index is -0.653. The Hall–Kier alpha value is -1.45. The Kier molecular flexibility index (Phi) is 4.04. The highest BCUT2D eigenvalue weighted by atomic mass is 79.9. The van der Waals surface area contributed by atoms with Crippen LogP contribution in [0.5, 0.6) is 5.75 Å². The number of aliphatic imine (C=N–C) groups is 1. The molecule has 0 N–H and O–H groups in total. The number of carbonyl (C=O) groups excluding carboxylic acids is 2. The van der Waals surface area contributed by atoms with E-state index < -0.39 is 5.91 Å². The lowest BCUT2D eigenvalue weighted by atomic mass is 10.3. The molecule has 0 saturated carbocycles. The van der Waals surface area contributed by atoms with E-state index in [0.29, 0.717) is 5.75 Å². The van der Waals surface area contributed by atoms with Crippen LogP contribution in [0.3, 0.4) is 0 Å². The average molecular weight is 256 g/mol. The van der Waals surface area contributed by atoms with Gasteiger partial charge in [0.1, 0.15) is 5.75 Å². The molecule has 0 fully saturated rings. The number of nitrogens with zero attached hydrogens (tertiary/aromatic N) is 1. The molecule has 0 radical (unpaired) electrons. The molecular weight excluding hydrogens is 250 g/mol. The molecule has 0 bridgehead atoms. The van der Waals surface area contributed by atoms with E-state index in [1.165, 1.54) is 0 Å². The van der Waals surface area contributed by atoms with Crippen molar-refractivity contribution in [1.82, 2.24) is 0 Å². The molecule has 1 rings (SSSR count). The molecule has 72 valence electrons. The fourth-order valence-corrected chi connectivity index (χ4v) is 1.16. The lowest BCUT2D eigenvalue weighted by molar-refractivity contribution is -0.119. The van der Waals surface area contributed by atoms with Crippen LogP contribution in [0, 0.1) is 0 Å². The second-order valence-corrected chi connectivity index (χ2v) is 3.26. The Morgan fingerprint density at radius 3 is 3.00 bits per heavy atom. The summed E-state index contributed by atoms with van der Waals surface area (Å²) >= 11 is 3.25. The highest BCUT2D eigenvalue weighted by Crippen LogP contribution is 2.17. The van der Waals surface area contributed by atoms with Gasteiger partial charge in [-0.15, -0.1) is 4.99 Å². The van der Waals surface area contributed by atoms with Crippen molar-refractivity contribution in [3.8, 4) is 5.75 Å². The zero-order chi connectivity index (χ0) is 10.4. The third kappa shape index (κ3) is 3.51. The Balaban J connectivity index is 2.53. The fourth-order valence-electron chi connectivity index (χ4n) is 0.785. The van der Waals surface area contributed by atoms with E-state index >= 15 is 0 Å². The number of amides is 1. The molecule has 0 aliphatic heterocycles. The average Bonchev–Trinajstić information content (AvgIpc) is 2.15. The summed E-state index contributed by atoms with van der Waals surface area (Å²) in [5.41, 5.74) is 0. The van der Waals surface area contributed by atoms with Gasteiger partial charge in [-0.1, -0.05) is 22.0 Å². The first-order chi connectivity index (χ1) is 6.72. The van der Waals surface area contributed by atoms with Crippen molar-refractivity contribution in [3.05, 3.63) is 28.7 Å². The molecule has 0 saturated heterocycles. The minimum Gasteiger partial charge on any atom is -0.484 e. The van der Waals surface area contributed by atoms with E-state index in [-0.39, 0.29) is 6.61 Å². The molecule has 1 aromatic rings. The largest absolute Gasteiger partial charge is 0.484 e. The molecule has 5 heteroatoms. The number of ether oxygens (including phenoxy) is 1. The summed E-state index contributed by atoms with van der Waals surface area (Å²) in [6.45, 7) is -0.258. The predicted molar refractivity (Wildman–Crippen MR) is 52.8 cm³/mol. The van der Waals surface area contributed by atoms with Crippen LogP contribution >= 0.6 is 15.9 Å². The molecule has 4 nitrogen and oxygen atoms in total. The van der Waals surface area contributed by atoms with Crippen LogP contribution < -0.4 is 4.74 Å².